The van der Waals surface area contributed by atoms with Crippen LogP contribution in [0.3, 0.4) is 0 Å². The van der Waals surface area contributed by atoms with Gasteiger partial charge in [-0.1, -0.05) is 86.5 Å². The van der Waals surface area contributed by atoms with Crippen molar-refractivity contribution in [3.63, 3.8) is 0 Å². The third-order valence-electron chi connectivity index (χ3n) is 11.1. The maximum absolute atomic E-state index is 14.0. The summed E-state index contributed by atoms with van der Waals surface area (Å²) in [6.45, 7) is 2.50. The van der Waals surface area contributed by atoms with Crippen molar-refractivity contribution >= 4 is 43.3 Å². The van der Waals surface area contributed by atoms with Crippen LogP contribution in [-0.4, -0.2) is 85.0 Å². The van der Waals surface area contributed by atoms with Crippen molar-refractivity contribution in [1.82, 2.24) is 19.5 Å². The Morgan fingerprint density at radius 2 is 1.52 bits per heavy atom. The van der Waals surface area contributed by atoms with Gasteiger partial charge in [-0.2, -0.15) is 0 Å². The molecule has 0 radical (unpaired) electrons. The summed E-state index contributed by atoms with van der Waals surface area (Å²) in [5.41, 5.74) is 15.4. The number of nitrogen functional groups attached to an aromatic ring is 1. The predicted molar refractivity (Wildman–Crippen MR) is 225 cm³/mol. The Morgan fingerprint density at radius 3 is 2.13 bits per heavy atom. The smallest absolute Gasteiger partial charge is 0.447 e. The van der Waals surface area contributed by atoms with E-state index in [1.54, 1.807) is 30.9 Å². The maximum atomic E-state index is 14.0. The van der Waals surface area contributed by atoms with Crippen molar-refractivity contribution in [2.24, 2.45) is 5.50 Å². The number of benzene rings is 4. The van der Waals surface area contributed by atoms with Crippen molar-refractivity contribution < 1.29 is 42.8 Å². The molecule has 0 bridgehead atoms. The van der Waals surface area contributed by atoms with E-state index in [1.165, 1.54) is 10.9 Å². The minimum Gasteiger partial charge on any atom is -0.497 e. The first kappa shape index (κ1) is 41.0. The molecule has 4 heterocycles. The molecule has 310 valence electrons. The molecule has 16 heteroatoms. The van der Waals surface area contributed by atoms with E-state index in [9.17, 15) is 14.8 Å². The molecule has 0 spiro atoms. The average Bonchev–Trinajstić information content (AvgIpc) is 3.96. The first-order valence-corrected chi connectivity index (χ1v) is 21.0. The van der Waals surface area contributed by atoms with Gasteiger partial charge in [-0.15, -0.1) is 4.58 Å². The summed E-state index contributed by atoms with van der Waals surface area (Å²) in [5, 5.41) is 12.1. The lowest BCUT2D eigenvalue weighted by Gasteiger charge is -2.45. The lowest BCUT2D eigenvalue weighted by molar-refractivity contribution is -0.351. The largest absolute Gasteiger partial charge is 0.497 e. The van der Waals surface area contributed by atoms with Gasteiger partial charge in [0, 0.05) is 6.42 Å². The van der Waals surface area contributed by atoms with Crippen LogP contribution in [0.4, 0.5) is 11.8 Å². The number of carbonyl (C=O) groups is 1. The molecule has 8 rings (SSSR count). The molecule has 2 aromatic heterocycles. The summed E-state index contributed by atoms with van der Waals surface area (Å²) < 4.78 is 33.6. The SMILES string of the molecule is CCCCCOC1=[N+](c2nc(N)c3ncn([C@H]4C[C@H](O)[C@@H](C(OP(N)O)C(c5ccccc5)(c5ccc(OC)cc5)c5ccc(OC)cc5)O4)c3n2)C(=O)c2ccccc21. The van der Waals surface area contributed by atoms with E-state index in [2.05, 4.69) is 16.9 Å². The highest BCUT2D eigenvalue weighted by atomic mass is 31.2. The summed E-state index contributed by atoms with van der Waals surface area (Å²) in [6.07, 6.45) is 0.105. The van der Waals surface area contributed by atoms with Gasteiger partial charge in [0.05, 0.1) is 43.5 Å². The number of aliphatic hydroxyl groups excluding tert-OH is 1. The molecular formula is C44H47N7O8P+. The standard InChI is InChI=1S/C44H46N7O8P/c1-4-5-11-24-57-42-33-15-10-9-14-32(33)41(53)51(42)43-48-39(45)36-40(49-43)50(26-47-36)35-25-34(52)37(58-35)38(59-60(46)54)44(27-12-7-6-8-13-27,28-16-20-30(55-2)21-17-28)29-18-22-31(56-3)23-19-29/h6-10,12-23,26,34-35,37-38,45,52,54H,4-5,11,24-25,46H2,1-3H3/p+1/t34-,35+,37-,38?,60?/m0/s1. The van der Waals surface area contributed by atoms with Crippen LogP contribution in [0, 0.1) is 0 Å². The number of nitrogens with two attached hydrogens (primary N) is 2. The summed E-state index contributed by atoms with van der Waals surface area (Å²) in [4.78, 5) is 38.8. The number of carbonyl (C=O) groups excluding carboxylic acids is 1. The summed E-state index contributed by atoms with van der Waals surface area (Å²) in [5.74, 6) is 1.27. The molecule has 6 aromatic rings. The molecule has 1 amide bonds. The summed E-state index contributed by atoms with van der Waals surface area (Å²) in [7, 11) is 0.668. The number of amides is 1. The molecule has 6 N–H and O–H groups in total. The normalized spacial score (nSPS) is 18.8. The van der Waals surface area contributed by atoms with Crippen LogP contribution in [0.25, 0.3) is 11.2 Å². The van der Waals surface area contributed by atoms with Crippen LogP contribution in [0.15, 0.2) is 109 Å². The lowest BCUT2D eigenvalue weighted by Crippen LogP contribution is -2.52. The monoisotopic (exact) mass is 832 g/mol. The highest BCUT2D eigenvalue weighted by Crippen LogP contribution is 2.51. The molecule has 2 aliphatic rings. The van der Waals surface area contributed by atoms with Crippen molar-refractivity contribution in [3.8, 4) is 11.5 Å². The van der Waals surface area contributed by atoms with Gasteiger partial charge in [0.2, 0.25) is 11.5 Å². The Labute approximate surface area is 348 Å². The van der Waals surface area contributed by atoms with Crippen LogP contribution in [0.5, 0.6) is 11.5 Å². The fourth-order valence-corrected chi connectivity index (χ4v) is 8.81. The van der Waals surface area contributed by atoms with Gasteiger partial charge in [0.15, 0.2) is 5.52 Å². The first-order valence-electron chi connectivity index (χ1n) is 19.7. The third-order valence-corrected chi connectivity index (χ3v) is 11.6. The Bertz CT molecular complexity index is 2450. The topological polar surface area (TPSA) is 202 Å². The van der Waals surface area contributed by atoms with Crippen molar-refractivity contribution in [2.75, 3.05) is 26.6 Å². The number of nitrogens with zero attached hydrogens (tertiary/aromatic N) is 5. The minimum atomic E-state index is -2.51. The summed E-state index contributed by atoms with van der Waals surface area (Å²) in [6, 6.07) is 31.9. The van der Waals surface area contributed by atoms with Crippen LogP contribution in [0.1, 0.15) is 71.4 Å². The van der Waals surface area contributed by atoms with Gasteiger partial charge in [-0.25, -0.2) is 9.78 Å². The van der Waals surface area contributed by atoms with Gasteiger partial charge in [0.25, 0.3) is 14.4 Å². The minimum absolute atomic E-state index is 0.000840. The number of ether oxygens (including phenoxy) is 4. The van der Waals surface area contributed by atoms with Gasteiger partial charge in [0.1, 0.15) is 36.3 Å². The molecular weight excluding hydrogens is 785 g/mol. The predicted octanol–water partition coefficient (Wildman–Crippen LogP) is 6.12. The molecule has 60 heavy (non-hydrogen) atoms. The van der Waals surface area contributed by atoms with Crippen molar-refractivity contribution in [2.45, 2.75) is 62.6 Å². The van der Waals surface area contributed by atoms with E-state index >= 15 is 0 Å². The van der Waals surface area contributed by atoms with Gasteiger partial charge < -0.3 is 39.2 Å². The fourth-order valence-electron chi connectivity index (χ4n) is 8.30. The van der Waals surface area contributed by atoms with E-state index in [0.29, 0.717) is 35.1 Å². The Hall–Kier alpha value is -5.80. The Kier molecular flexibility index (Phi) is 11.9. The van der Waals surface area contributed by atoms with Crippen LogP contribution < -0.4 is 20.7 Å². The third kappa shape index (κ3) is 7.38. The molecule has 2 aliphatic heterocycles. The zero-order chi connectivity index (χ0) is 42.0. The second-order valence-corrected chi connectivity index (χ2v) is 15.4. The zero-order valence-corrected chi connectivity index (χ0v) is 34.3. The van der Waals surface area contributed by atoms with E-state index < -0.39 is 38.5 Å². The lowest BCUT2D eigenvalue weighted by atomic mass is 9.64. The highest BCUT2D eigenvalue weighted by Gasteiger charge is 2.54. The van der Waals surface area contributed by atoms with Crippen LogP contribution >= 0.6 is 8.53 Å². The molecule has 1 saturated heterocycles. The molecule has 2 unspecified atom stereocenters. The first-order chi connectivity index (χ1) is 29.2. The number of rotatable bonds is 15. The second-order valence-electron chi connectivity index (χ2n) is 14.6. The quantitative estimate of drug-likeness (QED) is 0.0399. The number of hydrogen-bond donors (Lipinski definition) is 4. The fraction of sp³-hybridized carbons (Fsp3) is 0.295. The molecule has 1 fully saturated rings. The maximum Gasteiger partial charge on any atom is 0.447 e. The highest BCUT2D eigenvalue weighted by molar-refractivity contribution is 7.43. The summed E-state index contributed by atoms with van der Waals surface area (Å²) >= 11 is 0. The molecule has 15 nitrogen and oxygen atoms in total. The number of aliphatic hydroxyl groups is 1. The van der Waals surface area contributed by atoms with E-state index in [-0.39, 0.29) is 35.3 Å². The van der Waals surface area contributed by atoms with Crippen LogP contribution in [-0.2, 0) is 19.4 Å². The van der Waals surface area contributed by atoms with Gasteiger partial charge in [-0.05, 0) is 69.5 Å². The Morgan fingerprint density at radius 1 is 0.900 bits per heavy atom. The number of aromatic nitrogens is 4. The molecule has 5 atom stereocenters. The molecule has 0 saturated carbocycles. The van der Waals surface area contributed by atoms with E-state index in [1.807, 2.05) is 91.0 Å². The molecule has 4 aromatic carbocycles. The number of unbranched alkanes of at least 4 members (excludes halogenated alkanes) is 2. The number of hydrogen-bond acceptors (Lipinski definition) is 13. The van der Waals surface area contributed by atoms with Crippen molar-refractivity contribution in [3.05, 3.63) is 137 Å². The average molecular weight is 833 g/mol. The number of fused-ring (bicyclic) bond motifs is 2. The van der Waals surface area contributed by atoms with Gasteiger partial charge >= 0.3 is 11.9 Å². The van der Waals surface area contributed by atoms with Gasteiger partial charge in [-0.3, -0.25) is 10.1 Å². The number of imidazole rings is 1. The van der Waals surface area contributed by atoms with E-state index in [4.69, 9.17) is 39.7 Å². The number of anilines is 1. The second kappa shape index (κ2) is 17.4. The zero-order valence-electron chi connectivity index (χ0n) is 33.4. The van der Waals surface area contributed by atoms with Crippen molar-refractivity contribution in [1.29, 1.82) is 0 Å². The van der Waals surface area contributed by atoms with E-state index in [0.717, 1.165) is 36.0 Å². The Balaban J connectivity index is 1.24. The number of methoxy groups -OCH3 is 2. The van der Waals surface area contributed by atoms with Crippen LogP contribution in [0.2, 0.25) is 0 Å². The molecule has 0 aliphatic carbocycles.